The first-order chi connectivity index (χ1) is 15.9. The van der Waals surface area contributed by atoms with Gasteiger partial charge in [-0.3, -0.25) is 14.6 Å². The van der Waals surface area contributed by atoms with Gasteiger partial charge < -0.3 is 15.5 Å². The van der Waals surface area contributed by atoms with E-state index in [4.69, 9.17) is 0 Å². The average molecular weight is 491 g/mol. The summed E-state index contributed by atoms with van der Waals surface area (Å²) in [7, 11) is 1.69. The van der Waals surface area contributed by atoms with Crippen LogP contribution in [0.15, 0.2) is 24.5 Å². The monoisotopic (exact) mass is 491 g/mol. The normalized spacial score (nSPS) is 14.8. The maximum Gasteiger partial charge on any atom is 0.417 e. The molecule has 4 rings (SSSR count). The first-order valence-electron chi connectivity index (χ1n) is 10.2. The van der Waals surface area contributed by atoms with Crippen molar-refractivity contribution in [1.29, 1.82) is 0 Å². The average Bonchev–Trinajstić information content (AvgIpc) is 3.32. The van der Waals surface area contributed by atoms with Crippen LogP contribution in [0, 0.1) is 0 Å². The van der Waals surface area contributed by atoms with Crippen LogP contribution < -0.4 is 15.5 Å². The van der Waals surface area contributed by atoms with Crippen molar-refractivity contribution in [3.8, 4) is 11.5 Å². The van der Waals surface area contributed by atoms with Crippen LogP contribution in [-0.4, -0.2) is 38.2 Å². The van der Waals surface area contributed by atoms with Crippen molar-refractivity contribution in [2.75, 3.05) is 22.6 Å². The zero-order chi connectivity index (χ0) is 24.8. The molecule has 0 saturated heterocycles. The highest BCUT2D eigenvalue weighted by Crippen LogP contribution is 2.41. The number of amides is 2. The van der Waals surface area contributed by atoms with Crippen molar-refractivity contribution >= 4 is 45.7 Å². The quantitative estimate of drug-likeness (QED) is 0.545. The van der Waals surface area contributed by atoms with Crippen LogP contribution in [0.25, 0.3) is 11.5 Å². The van der Waals surface area contributed by atoms with Crippen LogP contribution >= 0.6 is 11.5 Å². The largest absolute Gasteiger partial charge is 0.417 e. The van der Waals surface area contributed by atoms with Crippen molar-refractivity contribution in [3.63, 3.8) is 0 Å². The minimum atomic E-state index is -4.62. The highest BCUT2D eigenvalue weighted by molar-refractivity contribution is 7.09. The summed E-state index contributed by atoms with van der Waals surface area (Å²) in [5, 5.41) is 5.48. The lowest BCUT2D eigenvalue weighted by molar-refractivity contribution is -0.137. The first kappa shape index (κ1) is 23.5. The number of nitrogens with one attached hydrogen (secondary N) is 2. The van der Waals surface area contributed by atoms with Gasteiger partial charge in [0.1, 0.15) is 5.69 Å². The van der Waals surface area contributed by atoms with Gasteiger partial charge in [-0.15, -0.1) is 0 Å². The number of aromatic nitrogens is 4. The van der Waals surface area contributed by atoms with Crippen LogP contribution in [0.5, 0.6) is 0 Å². The van der Waals surface area contributed by atoms with Gasteiger partial charge >= 0.3 is 6.18 Å². The molecule has 9 nitrogen and oxygen atoms in total. The van der Waals surface area contributed by atoms with E-state index >= 15 is 0 Å². The first-order valence-corrected chi connectivity index (χ1v) is 11.0. The molecule has 13 heteroatoms. The maximum atomic E-state index is 13.1. The Kier molecular flexibility index (Phi) is 5.75. The van der Waals surface area contributed by atoms with Gasteiger partial charge in [0.2, 0.25) is 16.9 Å². The third-order valence-electron chi connectivity index (χ3n) is 5.45. The molecule has 2 N–H and O–H groups in total. The van der Waals surface area contributed by atoms with Gasteiger partial charge in [0.15, 0.2) is 11.6 Å². The second-order valence-corrected chi connectivity index (χ2v) is 8.90. The number of alkyl halides is 3. The molecule has 178 valence electrons. The molecule has 0 radical (unpaired) electrons. The lowest BCUT2D eigenvalue weighted by Crippen LogP contribution is -2.33. The molecule has 0 aliphatic carbocycles. The van der Waals surface area contributed by atoms with E-state index in [9.17, 15) is 22.8 Å². The van der Waals surface area contributed by atoms with Gasteiger partial charge in [-0.25, -0.2) is 4.98 Å². The highest BCUT2D eigenvalue weighted by Gasteiger charge is 2.42. The molecule has 0 atom stereocenters. The van der Waals surface area contributed by atoms with Crippen molar-refractivity contribution < 1.29 is 22.8 Å². The van der Waals surface area contributed by atoms with E-state index in [1.165, 1.54) is 0 Å². The Hall–Kier alpha value is -3.61. The maximum absolute atomic E-state index is 13.1. The van der Waals surface area contributed by atoms with Crippen LogP contribution in [0.4, 0.5) is 35.5 Å². The smallest absolute Gasteiger partial charge is 0.323 e. The molecule has 0 aromatic carbocycles. The molecule has 34 heavy (non-hydrogen) atoms. The van der Waals surface area contributed by atoms with E-state index in [1.807, 2.05) is 13.8 Å². The number of anilines is 4. The molecule has 0 spiro atoms. The molecule has 0 fully saturated rings. The molecule has 0 unspecified atom stereocenters. The molecular weight excluding hydrogens is 471 g/mol. The fourth-order valence-electron chi connectivity index (χ4n) is 3.52. The molecule has 3 aromatic rings. The van der Waals surface area contributed by atoms with Crippen LogP contribution in [0.3, 0.4) is 0 Å². The van der Waals surface area contributed by atoms with Crippen LogP contribution in [0.1, 0.15) is 38.3 Å². The summed E-state index contributed by atoms with van der Waals surface area (Å²) < 4.78 is 43.6. The topological polar surface area (TPSA) is 113 Å². The molecular formula is C21H20F3N7O2S. The SMILES string of the molecule is CCC(=O)Nc1cc(C(F)(F)F)cnc1Nc1nc(-c2cc3c(cn2)N(C)C(=O)C3(C)C)ns1. The second-order valence-electron chi connectivity index (χ2n) is 8.14. The number of carbonyl (C=O) groups excluding carboxylic acids is 2. The second kappa shape index (κ2) is 8.31. The van der Waals surface area contributed by atoms with Crippen LogP contribution in [-0.2, 0) is 21.2 Å². The number of halogens is 3. The lowest BCUT2D eigenvalue weighted by Gasteiger charge is -2.16. The standard InChI is InChI=1S/C21H20F3N7O2S/c1-5-15(32)27-13-6-10(21(22,23)24)8-26-16(13)28-19-29-17(30-34-19)12-7-11-14(9-25-12)31(4)18(33)20(11,2)3/h6-9H,5H2,1-4H3,(H,27,32)(H,26,28,29,30). The van der Waals surface area contributed by atoms with Crippen molar-refractivity contribution in [2.24, 2.45) is 0 Å². The third kappa shape index (κ3) is 4.18. The number of fused-ring (bicyclic) bond motifs is 1. The van der Waals surface area contributed by atoms with Gasteiger partial charge in [0, 0.05) is 31.2 Å². The van der Waals surface area contributed by atoms with E-state index in [-0.39, 0.29) is 34.8 Å². The minimum absolute atomic E-state index is 0.00670. The lowest BCUT2D eigenvalue weighted by atomic mass is 9.86. The molecule has 1 aliphatic rings. The van der Waals surface area contributed by atoms with Crippen molar-refractivity contribution in [3.05, 3.63) is 35.7 Å². The summed E-state index contributed by atoms with van der Waals surface area (Å²) in [6, 6.07) is 2.56. The molecule has 1 aliphatic heterocycles. The molecule has 2 amide bonds. The Morgan fingerprint density at radius 3 is 2.62 bits per heavy atom. The number of likely N-dealkylation sites (N-methyl/N-ethyl adjacent to an activating group) is 1. The van der Waals surface area contributed by atoms with Crippen molar-refractivity contribution in [2.45, 2.75) is 38.8 Å². The van der Waals surface area contributed by atoms with E-state index in [0.717, 1.165) is 23.2 Å². The van der Waals surface area contributed by atoms with Gasteiger partial charge in [0.05, 0.1) is 28.6 Å². The third-order valence-corrected chi connectivity index (χ3v) is 6.08. The highest BCUT2D eigenvalue weighted by atomic mass is 32.1. The Balaban J connectivity index is 1.64. The van der Waals surface area contributed by atoms with E-state index in [0.29, 0.717) is 17.6 Å². The van der Waals surface area contributed by atoms with E-state index < -0.39 is 23.1 Å². The minimum Gasteiger partial charge on any atom is -0.323 e. The summed E-state index contributed by atoms with van der Waals surface area (Å²) in [5.41, 5.74) is 0.0966. The Morgan fingerprint density at radius 2 is 1.94 bits per heavy atom. The number of pyridine rings is 2. The number of hydrogen-bond acceptors (Lipinski definition) is 8. The number of carbonyl (C=O) groups is 2. The number of nitrogens with zero attached hydrogens (tertiary/aromatic N) is 5. The van der Waals surface area contributed by atoms with Gasteiger partial charge in [-0.2, -0.15) is 22.5 Å². The predicted octanol–water partition coefficient (Wildman–Crippen LogP) is 4.36. The Bertz CT molecular complexity index is 1290. The molecule has 0 saturated carbocycles. The van der Waals surface area contributed by atoms with Gasteiger partial charge in [0.25, 0.3) is 0 Å². The number of hydrogen-bond donors (Lipinski definition) is 2. The Labute approximate surface area is 196 Å². The zero-order valence-corrected chi connectivity index (χ0v) is 19.4. The number of rotatable bonds is 5. The summed E-state index contributed by atoms with van der Waals surface area (Å²) in [5.74, 6) is -0.247. The van der Waals surface area contributed by atoms with Gasteiger partial charge in [-0.05, 0) is 31.5 Å². The summed E-state index contributed by atoms with van der Waals surface area (Å²) in [6.45, 7) is 5.23. The fourth-order valence-corrected chi connectivity index (χ4v) is 4.09. The molecule has 3 aromatic heterocycles. The van der Waals surface area contributed by atoms with E-state index in [1.54, 1.807) is 31.1 Å². The van der Waals surface area contributed by atoms with Gasteiger partial charge in [-0.1, -0.05) is 6.92 Å². The molecule has 4 heterocycles. The fraction of sp³-hybridized carbons (Fsp3) is 0.333. The summed E-state index contributed by atoms with van der Waals surface area (Å²) in [6.07, 6.45) is -2.28. The zero-order valence-electron chi connectivity index (χ0n) is 18.6. The van der Waals surface area contributed by atoms with E-state index in [2.05, 4.69) is 30.0 Å². The summed E-state index contributed by atoms with van der Waals surface area (Å²) in [4.78, 5) is 38.4. The predicted molar refractivity (Wildman–Crippen MR) is 121 cm³/mol. The summed E-state index contributed by atoms with van der Waals surface area (Å²) >= 11 is 0.952. The van der Waals surface area contributed by atoms with Crippen LogP contribution in [0.2, 0.25) is 0 Å². The Morgan fingerprint density at radius 1 is 1.21 bits per heavy atom. The molecule has 0 bridgehead atoms. The van der Waals surface area contributed by atoms with Crippen molar-refractivity contribution in [1.82, 2.24) is 19.3 Å².